The first kappa shape index (κ1) is 15.3. The molecule has 1 rings (SSSR count). The van der Waals surface area contributed by atoms with Crippen molar-refractivity contribution in [2.45, 2.75) is 38.9 Å². The van der Waals surface area contributed by atoms with Crippen molar-refractivity contribution in [1.29, 1.82) is 0 Å². The SMILES string of the molecule is CCC(CC)C(O)C(O)c1ccc(Cl)c(OC)c1. The molecule has 0 aromatic heterocycles. The van der Waals surface area contributed by atoms with Gasteiger partial charge in [0.1, 0.15) is 11.9 Å². The van der Waals surface area contributed by atoms with Crippen molar-refractivity contribution in [1.82, 2.24) is 0 Å². The van der Waals surface area contributed by atoms with E-state index in [2.05, 4.69) is 0 Å². The standard InChI is InChI=1S/C14H21ClO3/c1-4-9(5-2)13(16)14(17)10-6-7-11(15)12(8-10)18-3/h6-9,13-14,16-17H,4-5H2,1-3H3. The van der Waals surface area contributed by atoms with Crippen LogP contribution in [0.1, 0.15) is 38.4 Å². The molecule has 0 aliphatic carbocycles. The number of rotatable bonds is 6. The van der Waals surface area contributed by atoms with Crippen LogP contribution in [-0.4, -0.2) is 23.4 Å². The van der Waals surface area contributed by atoms with E-state index < -0.39 is 12.2 Å². The summed E-state index contributed by atoms with van der Waals surface area (Å²) >= 11 is 5.93. The zero-order chi connectivity index (χ0) is 13.7. The molecule has 18 heavy (non-hydrogen) atoms. The average molecular weight is 273 g/mol. The maximum Gasteiger partial charge on any atom is 0.137 e. The van der Waals surface area contributed by atoms with Gasteiger partial charge in [0.05, 0.1) is 18.2 Å². The number of aliphatic hydroxyl groups is 2. The smallest absolute Gasteiger partial charge is 0.137 e. The largest absolute Gasteiger partial charge is 0.495 e. The van der Waals surface area contributed by atoms with E-state index in [1.54, 1.807) is 18.2 Å². The summed E-state index contributed by atoms with van der Waals surface area (Å²) < 4.78 is 5.10. The maximum absolute atomic E-state index is 10.2. The van der Waals surface area contributed by atoms with Crippen LogP contribution in [0.3, 0.4) is 0 Å². The molecule has 0 saturated heterocycles. The summed E-state index contributed by atoms with van der Waals surface area (Å²) in [6.07, 6.45) is -0.0224. The molecule has 0 bridgehead atoms. The van der Waals surface area contributed by atoms with Crippen molar-refractivity contribution >= 4 is 11.6 Å². The summed E-state index contributed by atoms with van der Waals surface area (Å²) in [4.78, 5) is 0. The Morgan fingerprint density at radius 3 is 2.33 bits per heavy atom. The molecule has 0 aliphatic heterocycles. The van der Waals surface area contributed by atoms with Crippen molar-refractivity contribution < 1.29 is 14.9 Å². The van der Waals surface area contributed by atoms with Crippen molar-refractivity contribution in [3.05, 3.63) is 28.8 Å². The van der Waals surface area contributed by atoms with Crippen LogP contribution in [0.2, 0.25) is 5.02 Å². The number of aliphatic hydroxyl groups excluding tert-OH is 2. The van der Waals surface area contributed by atoms with Crippen molar-refractivity contribution in [2.75, 3.05) is 7.11 Å². The Morgan fingerprint density at radius 1 is 1.22 bits per heavy atom. The third-order valence-corrected chi connectivity index (χ3v) is 3.68. The first-order valence-electron chi connectivity index (χ1n) is 6.24. The predicted molar refractivity (Wildman–Crippen MR) is 73.0 cm³/mol. The Balaban J connectivity index is 2.92. The number of methoxy groups -OCH3 is 1. The van der Waals surface area contributed by atoms with E-state index in [1.165, 1.54) is 7.11 Å². The van der Waals surface area contributed by atoms with Crippen LogP contribution in [0.4, 0.5) is 0 Å². The van der Waals surface area contributed by atoms with Crippen LogP contribution >= 0.6 is 11.6 Å². The van der Waals surface area contributed by atoms with Crippen LogP contribution in [-0.2, 0) is 0 Å². The number of benzene rings is 1. The lowest BCUT2D eigenvalue weighted by Gasteiger charge is -2.25. The van der Waals surface area contributed by atoms with Gasteiger partial charge in [-0.05, 0) is 23.6 Å². The fraction of sp³-hybridized carbons (Fsp3) is 0.571. The third kappa shape index (κ3) is 3.37. The van der Waals surface area contributed by atoms with Crippen LogP contribution in [0, 0.1) is 5.92 Å². The summed E-state index contributed by atoms with van der Waals surface area (Å²) in [6.45, 7) is 4.01. The van der Waals surface area contributed by atoms with Gasteiger partial charge in [-0.3, -0.25) is 0 Å². The van der Waals surface area contributed by atoms with E-state index in [4.69, 9.17) is 16.3 Å². The summed E-state index contributed by atoms with van der Waals surface area (Å²) in [6, 6.07) is 5.04. The van der Waals surface area contributed by atoms with Gasteiger partial charge < -0.3 is 14.9 Å². The Bertz CT molecular complexity index is 377. The van der Waals surface area contributed by atoms with Gasteiger partial charge in [0, 0.05) is 0 Å². The van der Waals surface area contributed by atoms with E-state index in [-0.39, 0.29) is 5.92 Å². The number of ether oxygens (including phenoxy) is 1. The van der Waals surface area contributed by atoms with Gasteiger partial charge in [-0.15, -0.1) is 0 Å². The summed E-state index contributed by atoms with van der Waals surface area (Å²) in [5.74, 6) is 0.589. The molecule has 1 aromatic rings. The molecule has 2 N–H and O–H groups in total. The highest BCUT2D eigenvalue weighted by Gasteiger charge is 2.25. The monoisotopic (exact) mass is 272 g/mol. The highest BCUT2D eigenvalue weighted by atomic mass is 35.5. The molecule has 3 nitrogen and oxygen atoms in total. The average Bonchev–Trinajstić information content (AvgIpc) is 2.39. The fourth-order valence-electron chi connectivity index (χ4n) is 2.09. The lowest BCUT2D eigenvalue weighted by atomic mass is 9.90. The van der Waals surface area contributed by atoms with Gasteiger partial charge in [-0.2, -0.15) is 0 Å². The Hall–Kier alpha value is -0.770. The van der Waals surface area contributed by atoms with Gasteiger partial charge in [0.2, 0.25) is 0 Å². The molecule has 4 heteroatoms. The van der Waals surface area contributed by atoms with Crippen molar-refractivity contribution in [3.63, 3.8) is 0 Å². The quantitative estimate of drug-likeness (QED) is 0.836. The third-order valence-electron chi connectivity index (χ3n) is 3.37. The minimum absolute atomic E-state index is 0.0849. The van der Waals surface area contributed by atoms with Crippen LogP contribution in [0.15, 0.2) is 18.2 Å². The Kier molecular flexibility index (Phi) is 5.93. The van der Waals surface area contributed by atoms with Crippen LogP contribution in [0.25, 0.3) is 0 Å². The lowest BCUT2D eigenvalue weighted by Crippen LogP contribution is -2.27. The molecule has 0 heterocycles. The highest BCUT2D eigenvalue weighted by molar-refractivity contribution is 6.32. The molecule has 1 aromatic carbocycles. The van der Waals surface area contributed by atoms with E-state index in [9.17, 15) is 10.2 Å². The molecule has 0 fully saturated rings. The predicted octanol–water partition coefficient (Wildman–Crippen LogP) is 3.18. The summed E-state index contributed by atoms with van der Waals surface area (Å²) in [5, 5.41) is 20.8. The highest BCUT2D eigenvalue weighted by Crippen LogP contribution is 2.31. The number of hydrogen-bond donors (Lipinski definition) is 2. The normalized spacial score (nSPS) is 14.6. The van der Waals surface area contributed by atoms with Gasteiger partial charge in [-0.1, -0.05) is 44.4 Å². The molecular formula is C14H21ClO3. The van der Waals surface area contributed by atoms with E-state index in [1.807, 2.05) is 13.8 Å². The van der Waals surface area contributed by atoms with Crippen LogP contribution in [0.5, 0.6) is 5.75 Å². The van der Waals surface area contributed by atoms with Crippen LogP contribution < -0.4 is 4.74 Å². The molecule has 102 valence electrons. The zero-order valence-electron chi connectivity index (χ0n) is 11.1. The number of halogens is 1. The minimum atomic E-state index is -0.916. The molecule has 2 atom stereocenters. The second-order valence-corrected chi connectivity index (χ2v) is 4.81. The molecule has 0 aliphatic rings. The second-order valence-electron chi connectivity index (χ2n) is 4.41. The van der Waals surface area contributed by atoms with Gasteiger partial charge in [0.25, 0.3) is 0 Å². The van der Waals surface area contributed by atoms with Crippen molar-refractivity contribution in [3.8, 4) is 5.75 Å². The first-order chi connectivity index (χ1) is 8.54. The van der Waals surface area contributed by atoms with E-state index in [0.29, 0.717) is 16.3 Å². The zero-order valence-corrected chi connectivity index (χ0v) is 11.8. The fourth-order valence-corrected chi connectivity index (χ4v) is 2.28. The van der Waals surface area contributed by atoms with E-state index in [0.717, 1.165) is 12.8 Å². The molecule has 0 spiro atoms. The molecule has 0 amide bonds. The topological polar surface area (TPSA) is 49.7 Å². The Labute approximate surface area is 113 Å². The molecule has 0 saturated carbocycles. The van der Waals surface area contributed by atoms with Crippen molar-refractivity contribution in [2.24, 2.45) is 5.92 Å². The second kappa shape index (κ2) is 6.98. The van der Waals surface area contributed by atoms with Gasteiger partial charge in [0.15, 0.2) is 0 Å². The van der Waals surface area contributed by atoms with Gasteiger partial charge in [-0.25, -0.2) is 0 Å². The van der Waals surface area contributed by atoms with E-state index >= 15 is 0 Å². The molecule has 0 radical (unpaired) electrons. The van der Waals surface area contributed by atoms with Gasteiger partial charge >= 0.3 is 0 Å². The number of hydrogen-bond acceptors (Lipinski definition) is 3. The minimum Gasteiger partial charge on any atom is -0.495 e. The summed E-state index contributed by atoms with van der Waals surface area (Å²) in [5.41, 5.74) is 0.621. The Morgan fingerprint density at radius 2 is 1.83 bits per heavy atom. The molecule has 2 unspecified atom stereocenters. The first-order valence-corrected chi connectivity index (χ1v) is 6.62. The summed E-state index contributed by atoms with van der Waals surface area (Å²) in [7, 11) is 1.52. The maximum atomic E-state index is 10.2. The molecular weight excluding hydrogens is 252 g/mol. The lowest BCUT2D eigenvalue weighted by molar-refractivity contribution is -0.0210.